The molecule has 0 aliphatic heterocycles. The first-order valence-electron chi connectivity index (χ1n) is 7.20. The number of unbranched alkanes of at least 4 members (excludes halogenated alkanes) is 9. The van der Waals surface area contributed by atoms with Crippen LogP contribution in [0, 0.1) is 24.2 Å². The molecule has 0 saturated carbocycles. The molecule has 0 heterocycles. The normalized spacial score (nSPS) is 12.8. The van der Waals surface area contributed by atoms with Crippen molar-refractivity contribution in [2.24, 2.45) is 5.92 Å². The first-order valence-corrected chi connectivity index (χ1v) is 7.20. The Bertz CT molecular complexity index is 212. The van der Waals surface area contributed by atoms with Crippen molar-refractivity contribution in [1.82, 2.24) is 0 Å². The van der Waals surface area contributed by atoms with Gasteiger partial charge in [0.05, 0.1) is 12.0 Å². The average molecular weight is 234 g/mol. The second kappa shape index (κ2) is 13.3. The third-order valence-electron chi connectivity index (χ3n) is 3.01. The molecule has 0 amide bonds. The molecule has 0 saturated heterocycles. The SMILES string of the molecule is [CH2]C(C#N)C=CCCCCCCCCCCC. The van der Waals surface area contributed by atoms with Gasteiger partial charge in [0, 0.05) is 0 Å². The van der Waals surface area contributed by atoms with Crippen molar-refractivity contribution >= 4 is 0 Å². The van der Waals surface area contributed by atoms with Gasteiger partial charge in [-0.2, -0.15) is 5.26 Å². The second-order valence-corrected chi connectivity index (χ2v) is 4.78. The summed E-state index contributed by atoms with van der Waals surface area (Å²) in [7, 11) is 0. The molecule has 0 aromatic heterocycles. The first kappa shape index (κ1) is 16.2. The Morgan fingerprint density at radius 3 is 2.06 bits per heavy atom. The molecule has 0 aliphatic rings. The maximum Gasteiger partial charge on any atom is 0.0697 e. The summed E-state index contributed by atoms with van der Waals surface area (Å²) in [4.78, 5) is 0. The van der Waals surface area contributed by atoms with Crippen LogP contribution < -0.4 is 0 Å². The Hall–Kier alpha value is -0.770. The van der Waals surface area contributed by atoms with Gasteiger partial charge in [0.15, 0.2) is 0 Å². The molecule has 17 heavy (non-hydrogen) atoms. The molecule has 0 aromatic rings. The average Bonchev–Trinajstić information content (AvgIpc) is 2.35. The van der Waals surface area contributed by atoms with E-state index in [4.69, 9.17) is 5.26 Å². The molecule has 0 bridgehead atoms. The molecule has 1 heteroatoms. The number of rotatable bonds is 11. The summed E-state index contributed by atoms with van der Waals surface area (Å²) >= 11 is 0. The highest BCUT2D eigenvalue weighted by Crippen LogP contribution is 2.10. The maximum atomic E-state index is 8.53. The van der Waals surface area contributed by atoms with E-state index in [1.807, 2.05) is 6.08 Å². The van der Waals surface area contributed by atoms with E-state index in [0.717, 1.165) is 6.42 Å². The van der Waals surface area contributed by atoms with E-state index in [9.17, 15) is 0 Å². The lowest BCUT2D eigenvalue weighted by Crippen LogP contribution is -1.83. The summed E-state index contributed by atoms with van der Waals surface area (Å²) in [6.07, 6.45) is 17.4. The highest BCUT2D eigenvalue weighted by Gasteiger charge is 1.92. The van der Waals surface area contributed by atoms with E-state index < -0.39 is 0 Å². The van der Waals surface area contributed by atoms with Gasteiger partial charge in [-0.1, -0.05) is 70.4 Å². The number of hydrogen-bond donors (Lipinski definition) is 0. The van der Waals surface area contributed by atoms with Crippen LogP contribution in [0.2, 0.25) is 0 Å². The zero-order valence-corrected chi connectivity index (χ0v) is 11.5. The van der Waals surface area contributed by atoms with Crippen LogP contribution in [0.15, 0.2) is 12.2 Å². The summed E-state index contributed by atoms with van der Waals surface area (Å²) < 4.78 is 0. The fourth-order valence-electron chi connectivity index (χ4n) is 1.88. The van der Waals surface area contributed by atoms with Gasteiger partial charge >= 0.3 is 0 Å². The van der Waals surface area contributed by atoms with Gasteiger partial charge in [-0.15, -0.1) is 0 Å². The van der Waals surface area contributed by atoms with Crippen molar-refractivity contribution in [2.45, 2.75) is 71.1 Å². The zero-order chi connectivity index (χ0) is 12.8. The third-order valence-corrected chi connectivity index (χ3v) is 3.01. The minimum absolute atomic E-state index is 0.173. The fraction of sp³-hybridized carbons (Fsp3) is 0.750. The topological polar surface area (TPSA) is 23.8 Å². The molecule has 1 atom stereocenters. The molecule has 0 rings (SSSR count). The molecule has 0 aromatic carbocycles. The fourth-order valence-corrected chi connectivity index (χ4v) is 1.88. The van der Waals surface area contributed by atoms with Crippen LogP contribution in [0.1, 0.15) is 71.1 Å². The summed E-state index contributed by atoms with van der Waals surface area (Å²) in [5.41, 5.74) is 0. The third kappa shape index (κ3) is 13.2. The number of nitriles is 1. The van der Waals surface area contributed by atoms with Crippen molar-refractivity contribution in [3.8, 4) is 6.07 Å². The van der Waals surface area contributed by atoms with Crippen molar-refractivity contribution in [3.63, 3.8) is 0 Å². The van der Waals surface area contributed by atoms with Gasteiger partial charge in [0.2, 0.25) is 0 Å². The number of allylic oxidation sites excluding steroid dienone is 2. The van der Waals surface area contributed by atoms with Crippen molar-refractivity contribution < 1.29 is 0 Å². The molecule has 0 fully saturated rings. The lowest BCUT2D eigenvalue weighted by Gasteiger charge is -2.00. The molecule has 0 spiro atoms. The standard InChI is InChI=1S/C16H28N/c1-3-4-5-6-7-8-9-10-11-12-13-14-16(2)15-17/h13-14,16H,2-12H2,1H3. The highest BCUT2D eigenvalue weighted by molar-refractivity contribution is 5.01. The second-order valence-electron chi connectivity index (χ2n) is 4.78. The van der Waals surface area contributed by atoms with Gasteiger partial charge in [0.1, 0.15) is 0 Å². The molecular weight excluding hydrogens is 206 g/mol. The molecular formula is C16H28N. The Balaban J connectivity index is 3.09. The van der Waals surface area contributed by atoms with Crippen LogP contribution in [0.3, 0.4) is 0 Å². The minimum atomic E-state index is -0.173. The quantitative estimate of drug-likeness (QED) is 0.345. The molecule has 1 radical (unpaired) electrons. The Labute approximate surface area is 108 Å². The molecule has 97 valence electrons. The van der Waals surface area contributed by atoms with Crippen LogP contribution in [0.25, 0.3) is 0 Å². The summed E-state index contributed by atoms with van der Waals surface area (Å²) in [6, 6.07) is 2.10. The Kier molecular flexibility index (Phi) is 12.7. The predicted octanol–water partition coefficient (Wildman–Crippen LogP) is 5.44. The van der Waals surface area contributed by atoms with Crippen LogP contribution in [-0.2, 0) is 0 Å². The van der Waals surface area contributed by atoms with Crippen molar-refractivity contribution in [1.29, 1.82) is 5.26 Å². The van der Waals surface area contributed by atoms with Crippen molar-refractivity contribution in [3.05, 3.63) is 19.1 Å². The summed E-state index contributed by atoms with van der Waals surface area (Å²) in [5, 5.41) is 8.53. The maximum absolute atomic E-state index is 8.53. The van der Waals surface area contributed by atoms with E-state index >= 15 is 0 Å². The summed E-state index contributed by atoms with van der Waals surface area (Å²) in [5.74, 6) is -0.173. The monoisotopic (exact) mass is 234 g/mol. The van der Waals surface area contributed by atoms with Gasteiger partial charge in [-0.3, -0.25) is 0 Å². The number of nitrogens with zero attached hydrogens (tertiary/aromatic N) is 1. The van der Waals surface area contributed by atoms with E-state index in [2.05, 4.69) is 26.0 Å². The molecule has 1 unspecified atom stereocenters. The number of hydrogen-bond acceptors (Lipinski definition) is 1. The Morgan fingerprint density at radius 1 is 1.00 bits per heavy atom. The van der Waals surface area contributed by atoms with E-state index in [1.54, 1.807) is 0 Å². The molecule has 0 aliphatic carbocycles. The van der Waals surface area contributed by atoms with Crippen LogP contribution >= 0.6 is 0 Å². The largest absolute Gasteiger partial charge is 0.198 e. The van der Waals surface area contributed by atoms with Gasteiger partial charge in [0.25, 0.3) is 0 Å². The highest BCUT2D eigenvalue weighted by atomic mass is 14.2. The van der Waals surface area contributed by atoms with E-state index in [-0.39, 0.29) is 5.92 Å². The van der Waals surface area contributed by atoms with E-state index in [0.29, 0.717) is 0 Å². The smallest absolute Gasteiger partial charge is 0.0697 e. The predicted molar refractivity (Wildman–Crippen MR) is 75.4 cm³/mol. The first-order chi connectivity index (χ1) is 8.31. The van der Waals surface area contributed by atoms with Crippen LogP contribution in [0.4, 0.5) is 0 Å². The van der Waals surface area contributed by atoms with E-state index in [1.165, 1.54) is 57.8 Å². The summed E-state index contributed by atoms with van der Waals surface area (Å²) in [6.45, 7) is 5.95. The van der Waals surface area contributed by atoms with Crippen LogP contribution in [-0.4, -0.2) is 0 Å². The lowest BCUT2D eigenvalue weighted by molar-refractivity contribution is 0.566. The zero-order valence-electron chi connectivity index (χ0n) is 11.5. The van der Waals surface area contributed by atoms with Gasteiger partial charge < -0.3 is 0 Å². The lowest BCUT2D eigenvalue weighted by atomic mass is 10.1. The molecule has 0 N–H and O–H groups in total. The Morgan fingerprint density at radius 2 is 1.53 bits per heavy atom. The van der Waals surface area contributed by atoms with Gasteiger partial charge in [-0.25, -0.2) is 0 Å². The van der Waals surface area contributed by atoms with Gasteiger partial charge in [-0.05, 0) is 19.8 Å². The molecule has 1 nitrogen and oxygen atoms in total. The van der Waals surface area contributed by atoms with Crippen LogP contribution in [0.5, 0.6) is 0 Å². The minimum Gasteiger partial charge on any atom is -0.198 e. The van der Waals surface area contributed by atoms with Crippen molar-refractivity contribution in [2.75, 3.05) is 0 Å².